The van der Waals surface area contributed by atoms with Crippen LogP contribution in [0.15, 0.2) is 24.3 Å². The maximum Gasteiger partial charge on any atom is 0.253 e. The number of rotatable bonds is 2. The Morgan fingerprint density at radius 3 is 2.53 bits per heavy atom. The second kappa shape index (κ2) is 5.07. The van der Waals surface area contributed by atoms with Crippen molar-refractivity contribution in [2.45, 2.75) is 6.92 Å². The van der Waals surface area contributed by atoms with Crippen LogP contribution in [-0.4, -0.2) is 30.8 Å². The van der Waals surface area contributed by atoms with Crippen molar-refractivity contribution in [2.24, 2.45) is 5.84 Å². The van der Waals surface area contributed by atoms with Gasteiger partial charge in [-0.25, -0.2) is 5.84 Å². The van der Waals surface area contributed by atoms with E-state index in [1.54, 1.807) is 24.3 Å². The minimum Gasteiger partial charge on any atom is -0.301 e. The summed E-state index contributed by atoms with van der Waals surface area (Å²) < 4.78 is 0. The summed E-state index contributed by atoms with van der Waals surface area (Å²) in [6, 6.07) is 6.93. The van der Waals surface area contributed by atoms with Gasteiger partial charge in [-0.05, 0) is 12.1 Å². The van der Waals surface area contributed by atoms with Gasteiger partial charge in [-0.3, -0.25) is 24.7 Å². The highest BCUT2D eigenvalue weighted by Crippen LogP contribution is 2.33. The first kappa shape index (κ1) is 13.0. The first-order chi connectivity index (χ1) is 9.04. The van der Waals surface area contributed by atoms with Crippen molar-refractivity contribution in [3.05, 3.63) is 24.3 Å². The Bertz CT molecular complexity index is 544. The standard InChI is InChI=1S/C12H14N4O3/c1-8(17)15-7-12(19)16(6-11(18)14-13)10-5-3-2-4-9(10)15/h2-5H,6-7,13H2,1H3,(H,14,18). The largest absolute Gasteiger partial charge is 0.301 e. The predicted molar refractivity (Wildman–Crippen MR) is 69.2 cm³/mol. The number of nitrogens with zero attached hydrogens (tertiary/aromatic N) is 2. The molecule has 0 aromatic heterocycles. The highest BCUT2D eigenvalue weighted by Gasteiger charge is 2.31. The van der Waals surface area contributed by atoms with Gasteiger partial charge >= 0.3 is 0 Å². The van der Waals surface area contributed by atoms with Crippen LogP contribution in [0.4, 0.5) is 11.4 Å². The van der Waals surface area contributed by atoms with Crippen molar-refractivity contribution in [1.29, 1.82) is 0 Å². The molecule has 0 fully saturated rings. The summed E-state index contributed by atoms with van der Waals surface area (Å²) >= 11 is 0. The zero-order valence-corrected chi connectivity index (χ0v) is 10.4. The average Bonchev–Trinajstić information content (AvgIpc) is 2.41. The number of hydrogen-bond donors (Lipinski definition) is 2. The van der Waals surface area contributed by atoms with Crippen LogP contribution in [0.25, 0.3) is 0 Å². The lowest BCUT2D eigenvalue weighted by atomic mass is 10.1. The normalized spacial score (nSPS) is 14.1. The van der Waals surface area contributed by atoms with Gasteiger partial charge in [0.05, 0.1) is 11.4 Å². The second-order valence-corrected chi connectivity index (χ2v) is 4.14. The van der Waals surface area contributed by atoms with Gasteiger partial charge in [0, 0.05) is 6.92 Å². The van der Waals surface area contributed by atoms with Gasteiger partial charge in [-0.1, -0.05) is 12.1 Å². The van der Waals surface area contributed by atoms with Gasteiger partial charge in [-0.15, -0.1) is 0 Å². The van der Waals surface area contributed by atoms with Crippen LogP contribution in [0.2, 0.25) is 0 Å². The Morgan fingerprint density at radius 1 is 1.32 bits per heavy atom. The third-order valence-electron chi connectivity index (χ3n) is 2.90. The van der Waals surface area contributed by atoms with E-state index in [0.29, 0.717) is 11.4 Å². The maximum absolute atomic E-state index is 12.0. The minimum atomic E-state index is -0.473. The number of hydrogen-bond acceptors (Lipinski definition) is 4. The van der Waals surface area contributed by atoms with E-state index in [-0.39, 0.29) is 24.9 Å². The number of benzene rings is 1. The summed E-state index contributed by atoms with van der Waals surface area (Å²) in [5, 5.41) is 0. The van der Waals surface area contributed by atoms with Gasteiger partial charge in [-0.2, -0.15) is 0 Å². The van der Waals surface area contributed by atoms with Crippen LogP contribution in [-0.2, 0) is 14.4 Å². The molecule has 7 heteroatoms. The Morgan fingerprint density at radius 2 is 1.95 bits per heavy atom. The van der Waals surface area contributed by atoms with Crippen molar-refractivity contribution in [3.63, 3.8) is 0 Å². The van der Waals surface area contributed by atoms with E-state index in [2.05, 4.69) is 0 Å². The Kier molecular flexibility index (Phi) is 3.48. The van der Waals surface area contributed by atoms with E-state index in [4.69, 9.17) is 5.84 Å². The summed E-state index contributed by atoms with van der Waals surface area (Å²) in [5.74, 6) is 4.01. The number of carbonyl (C=O) groups excluding carboxylic acids is 3. The summed E-state index contributed by atoms with van der Waals surface area (Å²) in [7, 11) is 0. The van der Waals surface area contributed by atoms with Crippen molar-refractivity contribution >= 4 is 29.1 Å². The van der Waals surface area contributed by atoms with Crippen molar-refractivity contribution < 1.29 is 14.4 Å². The van der Waals surface area contributed by atoms with Crippen LogP contribution >= 0.6 is 0 Å². The molecule has 1 aliphatic rings. The molecular formula is C12H14N4O3. The molecule has 1 heterocycles. The molecule has 100 valence electrons. The molecule has 1 aromatic carbocycles. The van der Waals surface area contributed by atoms with E-state index in [1.807, 2.05) is 5.43 Å². The van der Waals surface area contributed by atoms with E-state index >= 15 is 0 Å². The van der Waals surface area contributed by atoms with E-state index in [9.17, 15) is 14.4 Å². The lowest BCUT2D eigenvalue weighted by Crippen LogP contribution is -2.51. The predicted octanol–water partition coefficient (Wildman–Crippen LogP) is -0.624. The third-order valence-corrected chi connectivity index (χ3v) is 2.90. The Hall–Kier alpha value is -2.41. The van der Waals surface area contributed by atoms with Crippen LogP contribution in [0.3, 0.4) is 0 Å². The smallest absolute Gasteiger partial charge is 0.253 e. The fraction of sp³-hybridized carbons (Fsp3) is 0.250. The topological polar surface area (TPSA) is 95.7 Å². The average molecular weight is 262 g/mol. The van der Waals surface area contributed by atoms with Gasteiger partial charge in [0.1, 0.15) is 13.1 Å². The van der Waals surface area contributed by atoms with Crippen LogP contribution in [0.5, 0.6) is 0 Å². The molecule has 3 amide bonds. The minimum absolute atomic E-state index is 0.0792. The third kappa shape index (κ3) is 2.41. The number of carbonyl (C=O) groups is 3. The maximum atomic E-state index is 12.0. The second-order valence-electron chi connectivity index (χ2n) is 4.14. The van der Waals surface area contributed by atoms with Crippen LogP contribution in [0, 0.1) is 0 Å². The molecule has 1 aliphatic heterocycles. The number of nitrogens with two attached hydrogens (primary N) is 1. The Balaban J connectivity index is 2.42. The number of anilines is 2. The van der Waals surface area contributed by atoms with E-state index in [1.165, 1.54) is 16.7 Å². The van der Waals surface area contributed by atoms with Gasteiger partial charge in [0.15, 0.2) is 0 Å². The molecule has 0 spiro atoms. The quantitative estimate of drug-likeness (QED) is 0.421. The van der Waals surface area contributed by atoms with Crippen LogP contribution < -0.4 is 21.1 Å². The number of amides is 3. The van der Waals surface area contributed by atoms with E-state index < -0.39 is 5.91 Å². The van der Waals surface area contributed by atoms with Gasteiger partial charge < -0.3 is 4.90 Å². The summed E-state index contributed by atoms with van der Waals surface area (Å²) in [6.45, 7) is 1.15. The van der Waals surface area contributed by atoms with E-state index in [0.717, 1.165) is 0 Å². The molecule has 0 atom stereocenters. The SMILES string of the molecule is CC(=O)N1CC(=O)N(CC(=O)NN)c2ccccc21. The van der Waals surface area contributed by atoms with Crippen LogP contribution in [0.1, 0.15) is 6.92 Å². The zero-order valence-electron chi connectivity index (χ0n) is 10.4. The summed E-state index contributed by atoms with van der Waals surface area (Å²) in [4.78, 5) is 37.6. The van der Waals surface area contributed by atoms with Gasteiger partial charge in [0.2, 0.25) is 11.8 Å². The fourth-order valence-corrected chi connectivity index (χ4v) is 2.00. The highest BCUT2D eigenvalue weighted by atomic mass is 16.2. The molecule has 19 heavy (non-hydrogen) atoms. The number of fused-ring (bicyclic) bond motifs is 1. The molecule has 0 saturated heterocycles. The number of hydrazine groups is 1. The Labute approximate surface area is 109 Å². The molecule has 1 aromatic rings. The molecule has 7 nitrogen and oxygen atoms in total. The van der Waals surface area contributed by atoms with Crippen molar-refractivity contribution in [1.82, 2.24) is 5.43 Å². The molecule has 0 bridgehead atoms. The highest BCUT2D eigenvalue weighted by molar-refractivity contribution is 6.12. The molecule has 2 rings (SSSR count). The zero-order chi connectivity index (χ0) is 14.0. The number of nitrogens with one attached hydrogen (secondary N) is 1. The van der Waals surface area contributed by atoms with Crippen molar-refractivity contribution in [2.75, 3.05) is 22.9 Å². The molecule has 0 aliphatic carbocycles. The lowest BCUT2D eigenvalue weighted by Gasteiger charge is -2.35. The molecule has 0 radical (unpaired) electrons. The molecule has 3 N–H and O–H groups in total. The first-order valence-electron chi connectivity index (χ1n) is 5.71. The number of para-hydroxylation sites is 2. The fourth-order valence-electron chi connectivity index (χ4n) is 2.00. The van der Waals surface area contributed by atoms with Crippen molar-refractivity contribution in [3.8, 4) is 0 Å². The summed E-state index contributed by atoms with van der Waals surface area (Å²) in [5.41, 5.74) is 3.12. The molecule has 0 unspecified atom stereocenters. The summed E-state index contributed by atoms with van der Waals surface area (Å²) in [6.07, 6.45) is 0. The molecular weight excluding hydrogens is 248 g/mol. The first-order valence-corrected chi connectivity index (χ1v) is 5.71. The van der Waals surface area contributed by atoms with Gasteiger partial charge in [0.25, 0.3) is 5.91 Å². The monoisotopic (exact) mass is 262 g/mol. The molecule has 0 saturated carbocycles. The lowest BCUT2D eigenvalue weighted by molar-refractivity contribution is -0.124.